The molecule has 0 aliphatic carbocycles. The second-order valence-corrected chi connectivity index (χ2v) is 9.48. The first-order valence-electron chi connectivity index (χ1n) is 11.1. The second kappa shape index (κ2) is 10.6. The molecule has 6 heteroatoms. The number of carbonyl (C=O) groups excluding carboxylic acids is 1. The molecule has 1 heterocycles. The predicted molar refractivity (Wildman–Crippen MR) is 136 cm³/mol. The van der Waals surface area contributed by atoms with Crippen LogP contribution in [0.2, 0.25) is 0 Å². The summed E-state index contributed by atoms with van der Waals surface area (Å²) in [6, 6.07) is 24.4. The van der Waals surface area contributed by atoms with Gasteiger partial charge in [0.25, 0.3) is 5.91 Å². The number of ether oxygens (including phenoxy) is 1. The number of rotatable bonds is 9. The molecule has 1 atom stereocenters. The normalized spacial score (nSPS) is 12.1. The Morgan fingerprint density at radius 2 is 1.82 bits per heavy atom. The Morgan fingerprint density at radius 3 is 2.58 bits per heavy atom. The Hall–Kier alpha value is -3.22. The van der Waals surface area contributed by atoms with E-state index in [1.165, 1.54) is 10.3 Å². The third kappa shape index (κ3) is 5.97. The first-order valence-corrected chi connectivity index (χ1v) is 11.9. The molecule has 33 heavy (non-hydrogen) atoms. The predicted octanol–water partition coefficient (Wildman–Crippen LogP) is 5.32. The highest BCUT2D eigenvalue weighted by atomic mass is 32.1. The standard InChI is InChI=1S/C27H29N3O2S/c1-19(20-9-5-4-6-10-20)16-28-26(31)18-32-24-14-13-21(15-22(24)17-30(2)3)27-29-23-11-7-8-12-25(23)33-27/h4-15,19H,16-18H2,1-3H3,(H,28,31). The molecule has 170 valence electrons. The van der Waals surface area contributed by atoms with Crippen LogP contribution in [0.25, 0.3) is 20.8 Å². The number of hydrogen-bond acceptors (Lipinski definition) is 5. The smallest absolute Gasteiger partial charge is 0.257 e. The Bertz CT molecular complexity index is 1190. The summed E-state index contributed by atoms with van der Waals surface area (Å²) in [6.07, 6.45) is 0. The zero-order valence-electron chi connectivity index (χ0n) is 19.2. The summed E-state index contributed by atoms with van der Waals surface area (Å²) < 4.78 is 7.10. The third-order valence-corrected chi connectivity index (χ3v) is 6.51. The maximum absolute atomic E-state index is 12.4. The van der Waals surface area contributed by atoms with Crippen LogP contribution in [0.15, 0.2) is 72.8 Å². The molecular weight excluding hydrogens is 430 g/mol. The quantitative estimate of drug-likeness (QED) is 0.368. The first kappa shape index (κ1) is 23.0. The summed E-state index contributed by atoms with van der Waals surface area (Å²) >= 11 is 1.68. The van der Waals surface area contributed by atoms with Crippen molar-refractivity contribution in [3.63, 3.8) is 0 Å². The number of fused-ring (bicyclic) bond motifs is 1. The van der Waals surface area contributed by atoms with E-state index in [0.717, 1.165) is 27.4 Å². The SMILES string of the molecule is CC(CNC(=O)COc1ccc(-c2nc3ccccc3s2)cc1CN(C)C)c1ccccc1. The van der Waals surface area contributed by atoms with Gasteiger partial charge in [-0.3, -0.25) is 4.79 Å². The van der Waals surface area contributed by atoms with Gasteiger partial charge < -0.3 is 15.0 Å². The highest BCUT2D eigenvalue weighted by Crippen LogP contribution is 2.33. The highest BCUT2D eigenvalue weighted by Gasteiger charge is 2.13. The Morgan fingerprint density at radius 1 is 1.06 bits per heavy atom. The lowest BCUT2D eigenvalue weighted by Crippen LogP contribution is -2.32. The van der Waals surface area contributed by atoms with Crippen LogP contribution in [-0.2, 0) is 11.3 Å². The van der Waals surface area contributed by atoms with Gasteiger partial charge in [0.1, 0.15) is 10.8 Å². The molecule has 1 amide bonds. The molecule has 0 radical (unpaired) electrons. The van der Waals surface area contributed by atoms with Crippen molar-refractivity contribution in [3.8, 4) is 16.3 Å². The zero-order chi connectivity index (χ0) is 23.2. The van der Waals surface area contributed by atoms with Gasteiger partial charge in [-0.25, -0.2) is 4.98 Å². The van der Waals surface area contributed by atoms with E-state index in [1.54, 1.807) is 11.3 Å². The fraction of sp³-hybridized carbons (Fsp3) is 0.259. The molecule has 1 unspecified atom stereocenters. The van der Waals surface area contributed by atoms with Crippen LogP contribution in [0.3, 0.4) is 0 Å². The summed E-state index contributed by atoms with van der Waals surface area (Å²) in [5, 5.41) is 3.96. The molecule has 5 nitrogen and oxygen atoms in total. The summed E-state index contributed by atoms with van der Waals surface area (Å²) in [4.78, 5) is 19.3. The van der Waals surface area contributed by atoms with E-state index < -0.39 is 0 Å². The van der Waals surface area contributed by atoms with E-state index in [0.29, 0.717) is 13.1 Å². The molecule has 0 fully saturated rings. The Balaban J connectivity index is 1.42. The minimum atomic E-state index is -0.121. The van der Waals surface area contributed by atoms with Gasteiger partial charge in [0.15, 0.2) is 6.61 Å². The fourth-order valence-electron chi connectivity index (χ4n) is 3.67. The van der Waals surface area contributed by atoms with Gasteiger partial charge in [0, 0.05) is 24.2 Å². The second-order valence-electron chi connectivity index (χ2n) is 8.45. The van der Waals surface area contributed by atoms with Crippen LogP contribution in [0.5, 0.6) is 5.75 Å². The van der Waals surface area contributed by atoms with Crippen molar-refractivity contribution in [3.05, 3.63) is 83.9 Å². The molecule has 0 aliphatic heterocycles. The number of benzene rings is 3. The number of amides is 1. The first-order chi connectivity index (χ1) is 16.0. The molecular formula is C27H29N3O2S. The molecule has 3 aromatic carbocycles. The lowest BCUT2D eigenvalue weighted by atomic mass is 10.0. The van der Waals surface area contributed by atoms with Gasteiger partial charge in [0.2, 0.25) is 0 Å². The molecule has 1 N–H and O–H groups in total. The maximum atomic E-state index is 12.4. The molecule has 0 aliphatic rings. The van der Waals surface area contributed by atoms with Crippen LogP contribution >= 0.6 is 11.3 Å². The monoisotopic (exact) mass is 459 g/mol. The zero-order valence-corrected chi connectivity index (χ0v) is 20.1. The molecule has 4 aromatic rings. The van der Waals surface area contributed by atoms with Crippen molar-refractivity contribution < 1.29 is 9.53 Å². The average molecular weight is 460 g/mol. The van der Waals surface area contributed by atoms with Crippen LogP contribution in [0.4, 0.5) is 0 Å². The molecule has 0 bridgehead atoms. The Labute approximate surface area is 199 Å². The van der Waals surface area contributed by atoms with Gasteiger partial charge in [0.05, 0.1) is 10.2 Å². The molecule has 0 saturated carbocycles. The molecule has 1 aromatic heterocycles. The van der Waals surface area contributed by atoms with E-state index in [1.807, 2.05) is 62.6 Å². The number of nitrogens with one attached hydrogen (secondary N) is 1. The number of para-hydroxylation sites is 1. The van der Waals surface area contributed by atoms with Crippen LogP contribution in [0.1, 0.15) is 24.0 Å². The topological polar surface area (TPSA) is 54.5 Å². The maximum Gasteiger partial charge on any atom is 0.257 e. The summed E-state index contributed by atoms with van der Waals surface area (Å²) in [5.74, 6) is 0.844. The van der Waals surface area contributed by atoms with Gasteiger partial charge in [-0.15, -0.1) is 11.3 Å². The molecule has 4 rings (SSSR count). The largest absolute Gasteiger partial charge is 0.483 e. The summed E-state index contributed by atoms with van der Waals surface area (Å²) in [6.45, 7) is 3.38. The molecule has 0 spiro atoms. The lowest BCUT2D eigenvalue weighted by Gasteiger charge is -2.17. The van der Waals surface area contributed by atoms with Crippen molar-refractivity contribution in [1.29, 1.82) is 0 Å². The van der Waals surface area contributed by atoms with Gasteiger partial charge in [-0.2, -0.15) is 0 Å². The number of aromatic nitrogens is 1. The minimum Gasteiger partial charge on any atom is -0.483 e. The van der Waals surface area contributed by atoms with Crippen LogP contribution < -0.4 is 10.1 Å². The van der Waals surface area contributed by atoms with Crippen molar-refractivity contribution >= 4 is 27.5 Å². The van der Waals surface area contributed by atoms with Crippen molar-refractivity contribution in [2.24, 2.45) is 0 Å². The van der Waals surface area contributed by atoms with E-state index >= 15 is 0 Å². The lowest BCUT2D eigenvalue weighted by molar-refractivity contribution is -0.123. The van der Waals surface area contributed by atoms with Crippen molar-refractivity contribution in [1.82, 2.24) is 15.2 Å². The summed E-state index contributed by atoms with van der Waals surface area (Å²) in [7, 11) is 4.04. The number of hydrogen-bond donors (Lipinski definition) is 1. The van der Waals surface area contributed by atoms with Gasteiger partial charge in [-0.1, -0.05) is 49.4 Å². The van der Waals surface area contributed by atoms with E-state index in [9.17, 15) is 4.79 Å². The van der Waals surface area contributed by atoms with Crippen LogP contribution in [0, 0.1) is 0 Å². The number of thiazole rings is 1. The van der Waals surface area contributed by atoms with Gasteiger partial charge in [-0.05, 0) is 55.9 Å². The van der Waals surface area contributed by atoms with Crippen LogP contribution in [-0.4, -0.2) is 43.0 Å². The Kier molecular flexibility index (Phi) is 7.37. The number of carbonyl (C=O) groups is 1. The summed E-state index contributed by atoms with van der Waals surface area (Å²) in [5.41, 5.74) is 4.30. The fourth-order valence-corrected chi connectivity index (χ4v) is 4.64. The van der Waals surface area contributed by atoms with E-state index in [2.05, 4.69) is 41.4 Å². The number of nitrogens with zero attached hydrogens (tertiary/aromatic N) is 2. The van der Waals surface area contributed by atoms with E-state index in [4.69, 9.17) is 9.72 Å². The van der Waals surface area contributed by atoms with Gasteiger partial charge >= 0.3 is 0 Å². The van der Waals surface area contributed by atoms with E-state index in [-0.39, 0.29) is 18.4 Å². The van der Waals surface area contributed by atoms with Crippen molar-refractivity contribution in [2.45, 2.75) is 19.4 Å². The average Bonchev–Trinajstić information content (AvgIpc) is 3.26. The minimum absolute atomic E-state index is 0.0115. The highest BCUT2D eigenvalue weighted by molar-refractivity contribution is 7.21. The third-order valence-electron chi connectivity index (χ3n) is 5.42. The van der Waals surface area contributed by atoms with Crippen molar-refractivity contribution in [2.75, 3.05) is 27.2 Å². The molecule has 0 saturated heterocycles.